The van der Waals surface area contributed by atoms with Crippen LogP contribution in [0.3, 0.4) is 0 Å². The van der Waals surface area contributed by atoms with E-state index in [-0.39, 0.29) is 12.2 Å². The van der Waals surface area contributed by atoms with Crippen LogP contribution >= 0.6 is 0 Å². The lowest BCUT2D eigenvalue weighted by Crippen LogP contribution is -2.36. The van der Waals surface area contributed by atoms with Crippen molar-refractivity contribution < 1.29 is 13.6 Å². The largest absolute Gasteiger partial charge is 0.322 e. The fourth-order valence-corrected chi connectivity index (χ4v) is 4.15. The summed E-state index contributed by atoms with van der Waals surface area (Å²) in [5, 5.41) is 2.62. The number of hydrogen-bond acceptors (Lipinski definition) is 2. The van der Waals surface area contributed by atoms with Crippen molar-refractivity contribution in [3.05, 3.63) is 90.3 Å². The molecule has 4 aromatic rings. The van der Waals surface area contributed by atoms with Gasteiger partial charge in [-0.3, -0.25) is 0 Å². The number of pyridine rings is 1. The molecular weight excluding hydrogens is 446 g/mol. The lowest BCUT2D eigenvalue weighted by molar-refractivity contribution is 0.207. The van der Waals surface area contributed by atoms with Gasteiger partial charge in [0.1, 0.15) is 17.3 Å². The molecule has 2 aromatic heterocycles. The number of anilines is 1. The molecule has 2 heterocycles. The van der Waals surface area contributed by atoms with Gasteiger partial charge in [0, 0.05) is 24.4 Å². The van der Waals surface area contributed by atoms with Crippen molar-refractivity contribution in [1.29, 1.82) is 0 Å². The second kappa shape index (κ2) is 11.6. The summed E-state index contributed by atoms with van der Waals surface area (Å²) in [5.41, 5.74) is 3.37. The molecule has 182 valence electrons. The maximum absolute atomic E-state index is 14.2. The minimum Gasteiger partial charge on any atom is -0.319 e. The van der Waals surface area contributed by atoms with Crippen LogP contribution in [0.4, 0.5) is 19.3 Å². The van der Waals surface area contributed by atoms with Gasteiger partial charge >= 0.3 is 6.03 Å². The van der Waals surface area contributed by atoms with E-state index < -0.39 is 17.7 Å². The minimum absolute atomic E-state index is 0.0474. The summed E-state index contributed by atoms with van der Waals surface area (Å²) >= 11 is 0. The first kappa shape index (κ1) is 24.4. The zero-order chi connectivity index (χ0) is 24.6. The van der Waals surface area contributed by atoms with Crippen molar-refractivity contribution >= 4 is 17.4 Å². The van der Waals surface area contributed by atoms with Crippen LogP contribution in [0.5, 0.6) is 0 Å². The number of carbonyl (C=O) groups is 1. The molecule has 1 N–H and O–H groups in total. The summed E-state index contributed by atoms with van der Waals surface area (Å²) in [5.74, 6) is -1.49. The number of unbranched alkanes of at least 4 members (excludes halogenated alkanes) is 4. The molecule has 2 aromatic carbocycles. The maximum Gasteiger partial charge on any atom is 0.322 e. The molecule has 2 amide bonds. The Kier molecular flexibility index (Phi) is 8.08. The molecule has 0 bridgehead atoms. The van der Waals surface area contributed by atoms with E-state index in [1.165, 1.54) is 6.07 Å². The van der Waals surface area contributed by atoms with Crippen LogP contribution in [-0.4, -0.2) is 26.9 Å². The Hall–Kier alpha value is -3.74. The van der Waals surface area contributed by atoms with Crippen LogP contribution in [0.1, 0.15) is 44.7 Å². The number of aromatic nitrogens is 2. The number of halogens is 2. The Labute approximate surface area is 204 Å². The molecule has 5 nitrogen and oxygen atoms in total. The van der Waals surface area contributed by atoms with E-state index in [0.29, 0.717) is 6.54 Å². The van der Waals surface area contributed by atoms with E-state index in [0.717, 1.165) is 66.8 Å². The Morgan fingerprint density at radius 1 is 0.971 bits per heavy atom. The number of benzene rings is 2. The highest BCUT2D eigenvalue weighted by molar-refractivity contribution is 5.89. The number of urea groups is 1. The van der Waals surface area contributed by atoms with Gasteiger partial charge in [0.25, 0.3) is 0 Å². The van der Waals surface area contributed by atoms with Crippen molar-refractivity contribution in [3.8, 4) is 11.3 Å². The van der Waals surface area contributed by atoms with Crippen molar-refractivity contribution in [2.24, 2.45) is 0 Å². The topological polar surface area (TPSA) is 49.6 Å². The highest BCUT2D eigenvalue weighted by Gasteiger charge is 2.21. The molecule has 4 rings (SSSR count). The summed E-state index contributed by atoms with van der Waals surface area (Å²) < 4.78 is 29.6. The summed E-state index contributed by atoms with van der Waals surface area (Å²) in [6.45, 7) is 2.96. The number of hydrogen-bond donors (Lipinski definition) is 1. The van der Waals surface area contributed by atoms with Gasteiger partial charge in [0.15, 0.2) is 0 Å². The average Bonchev–Trinajstić information content (AvgIpc) is 3.23. The number of rotatable bonds is 10. The summed E-state index contributed by atoms with van der Waals surface area (Å²) in [7, 11) is 0. The summed E-state index contributed by atoms with van der Waals surface area (Å²) in [6.07, 6.45) is 7.15. The van der Waals surface area contributed by atoms with E-state index in [2.05, 4.69) is 12.2 Å². The van der Waals surface area contributed by atoms with Gasteiger partial charge in [-0.2, -0.15) is 0 Å². The molecular formula is C28H30F2N4O. The lowest BCUT2D eigenvalue weighted by Gasteiger charge is -2.24. The molecule has 35 heavy (non-hydrogen) atoms. The molecule has 0 fully saturated rings. The predicted molar refractivity (Wildman–Crippen MR) is 135 cm³/mol. The molecule has 0 aliphatic rings. The van der Waals surface area contributed by atoms with Gasteiger partial charge in [0.05, 0.1) is 23.6 Å². The third kappa shape index (κ3) is 6.04. The van der Waals surface area contributed by atoms with Crippen LogP contribution in [0.25, 0.3) is 16.9 Å². The first-order valence-corrected chi connectivity index (χ1v) is 12.1. The summed E-state index contributed by atoms with van der Waals surface area (Å²) in [6, 6.07) is 18.3. The molecule has 0 aliphatic heterocycles. The first-order chi connectivity index (χ1) is 17.1. The maximum atomic E-state index is 14.2. The molecule has 0 atom stereocenters. The fraction of sp³-hybridized carbons (Fsp3) is 0.286. The van der Waals surface area contributed by atoms with Crippen LogP contribution in [0, 0.1) is 11.6 Å². The van der Waals surface area contributed by atoms with E-state index in [9.17, 15) is 13.6 Å². The second-order valence-electron chi connectivity index (χ2n) is 8.59. The third-order valence-corrected chi connectivity index (χ3v) is 6.01. The van der Waals surface area contributed by atoms with Crippen molar-refractivity contribution in [1.82, 2.24) is 14.3 Å². The minimum atomic E-state index is -0.805. The Morgan fingerprint density at radius 3 is 2.51 bits per heavy atom. The zero-order valence-corrected chi connectivity index (χ0v) is 19.9. The van der Waals surface area contributed by atoms with Gasteiger partial charge in [-0.15, -0.1) is 0 Å². The van der Waals surface area contributed by atoms with Gasteiger partial charge in [0.2, 0.25) is 0 Å². The van der Waals surface area contributed by atoms with Crippen molar-refractivity contribution in [3.63, 3.8) is 0 Å². The average molecular weight is 477 g/mol. The predicted octanol–water partition coefficient (Wildman–Crippen LogP) is 7.28. The van der Waals surface area contributed by atoms with E-state index in [4.69, 9.17) is 4.98 Å². The Balaban J connectivity index is 1.64. The Bertz CT molecular complexity index is 1270. The highest BCUT2D eigenvalue weighted by Crippen LogP contribution is 2.26. The second-order valence-corrected chi connectivity index (χ2v) is 8.59. The molecule has 0 aliphatic carbocycles. The quantitative estimate of drug-likeness (QED) is 0.244. The highest BCUT2D eigenvalue weighted by atomic mass is 19.1. The Morgan fingerprint density at radius 2 is 1.74 bits per heavy atom. The van der Waals surface area contributed by atoms with Gasteiger partial charge < -0.3 is 14.6 Å². The molecule has 0 spiro atoms. The van der Waals surface area contributed by atoms with Crippen LogP contribution in [0.15, 0.2) is 72.9 Å². The van der Waals surface area contributed by atoms with Crippen molar-refractivity contribution in [2.45, 2.75) is 45.6 Å². The molecule has 0 saturated heterocycles. The van der Waals surface area contributed by atoms with Gasteiger partial charge in [-0.05, 0) is 30.7 Å². The van der Waals surface area contributed by atoms with Crippen molar-refractivity contribution in [2.75, 3.05) is 11.9 Å². The van der Waals surface area contributed by atoms with Crippen LogP contribution in [0.2, 0.25) is 0 Å². The van der Waals surface area contributed by atoms with E-state index >= 15 is 0 Å². The third-order valence-electron chi connectivity index (χ3n) is 6.01. The molecule has 7 heteroatoms. The fourth-order valence-electron chi connectivity index (χ4n) is 4.15. The molecule has 0 unspecified atom stereocenters. The van der Waals surface area contributed by atoms with Crippen LogP contribution in [-0.2, 0) is 6.54 Å². The first-order valence-electron chi connectivity index (χ1n) is 12.1. The summed E-state index contributed by atoms with van der Waals surface area (Å²) in [4.78, 5) is 19.8. The number of carbonyl (C=O) groups excluding carboxylic acids is 1. The zero-order valence-electron chi connectivity index (χ0n) is 19.9. The standard InChI is InChI=1S/C28H30F2N4O/c1-2-3-4-5-10-17-33(28(35)31-24-16-15-22(29)19-23(24)30)20-25-27(21-12-7-6-8-13-21)32-26-14-9-11-18-34(25)26/h6-9,11-16,18-19H,2-5,10,17,20H2,1H3,(H,31,35). The number of nitrogens with one attached hydrogen (secondary N) is 1. The number of imidazole rings is 1. The van der Waals surface area contributed by atoms with Gasteiger partial charge in [-0.25, -0.2) is 18.6 Å². The van der Waals surface area contributed by atoms with Crippen LogP contribution < -0.4 is 5.32 Å². The molecule has 0 saturated carbocycles. The smallest absolute Gasteiger partial charge is 0.319 e. The lowest BCUT2D eigenvalue weighted by atomic mass is 10.1. The number of amides is 2. The monoisotopic (exact) mass is 476 g/mol. The number of nitrogens with zero attached hydrogens (tertiary/aromatic N) is 3. The molecule has 0 radical (unpaired) electrons. The SMILES string of the molecule is CCCCCCCN(Cc1c(-c2ccccc2)nc2ccccn12)C(=O)Nc1ccc(F)cc1F. The van der Waals surface area contributed by atoms with Gasteiger partial charge in [-0.1, -0.05) is 69.0 Å². The normalized spacial score (nSPS) is 11.1. The number of fused-ring (bicyclic) bond motifs is 1. The van der Waals surface area contributed by atoms with E-state index in [1.807, 2.05) is 59.1 Å². The van der Waals surface area contributed by atoms with E-state index in [1.54, 1.807) is 4.90 Å².